The minimum absolute atomic E-state index is 0.161. The molecular weight excluding hydrogens is 371 g/mol. The van der Waals surface area contributed by atoms with Crippen molar-refractivity contribution in [1.82, 2.24) is 5.43 Å². The van der Waals surface area contributed by atoms with Gasteiger partial charge < -0.3 is 4.74 Å². The average Bonchev–Trinajstić information content (AvgIpc) is 2.60. The topological polar surface area (TPSA) is 50.7 Å². The second kappa shape index (κ2) is 10.2. The summed E-state index contributed by atoms with van der Waals surface area (Å²) in [4.78, 5) is 11.8. The van der Waals surface area contributed by atoms with E-state index in [9.17, 15) is 4.79 Å². The normalized spacial score (nSPS) is 11.1. The van der Waals surface area contributed by atoms with Crippen molar-refractivity contribution in [3.63, 3.8) is 0 Å². The monoisotopic (exact) mass is 392 g/mol. The number of halogens is 2. The van der Waals surface area contributed by atoms with Gasteiger partial charge >= 0.3 is 0 Å². The van der Waals surface area contributed by atoms with Crippen LogP contribution in [0, 0.1) is 0 Å². The molecule has 2 aromatic carbocycles. The Morgan fingerprint density at radius 1 is 1.19 bits per heavy atom. The van der Waals surface area contributed by atoms with Gasteiger partial charge in [-0.05, 0) is 41.7 Å². The number of nitrogens with zero attached hydrogens (tertiary/aromatic N) is 1. The lowest BCUT2D eigenvalue weighted by atomic mass is 10.0. The van der Waals surface area contributed by atoms with Crippen LogP contribution in [0.1, 0.15) is 43.7 Å². The van der Waals surface area contributed by atoms with Gasteiger partial charge in [0.2, 0.25) is 5.91 Å². The number of amides is 1. The molecule has 0 saturated carbocycles. The summed E-state index contributed by atoms with van der Waals surface area (Å²) < 4.78 is 5.54. The van der Waals surface area contributed by atoms with Crippen molar-refractivity contribution in [3.8, 4) is 5.75 Å². The first-order chi connectivity index (χ1) is 12.5. The SMILES string of the molecule is CC(C)c1ccc(/C=N/NC(=O)CCCOc2ccc(Cl)cc2Cl)cc1. The fraction of sp³-hybridized carbons (Fsp3) is 0.300. The number of benzene rings is 2. The number of carbonyl (C=O) groups is 1. The van der Waals surface area contributed by atoms with Gasteiger partial charge in [-0.25, -0.2) is 5.43 Å². The van der Waals surface area contributed by atoms with Gasteiger partial charge in [0.25, 0.3) is 0 Å². The van der Waals surface area contributed by atoms with E-state index in [1.807, 2.05) is 12.1 Å². The fourth-order valence-corrected chi connectivity index (χ4v) is 2.67. The van der Waals surface area contributed by atoms with Gasteiger partial charge in [-0.3, -0.25) is 4.79 Å². The maximum atomic E-state index is 11.8. The number of nitrogens with one attached hydrogen (secondary N) is 1. The zero-order valence-corrected chi connectivity index (χ0v) is 16.3. The minimum Gasteiger partial charge on any atom is -0.492 e. The summed E-state index contributed by atoms with van der Waals surface area (Å²) in [6.07, 6.45) is 2.50. The Morgan fingerprint density at radius 2 is 1.92 bits per heavy atom. The van der Waals surface area contributed by atoms with Crippen molar-refractivity contribution in [1.29, 1.82) is 0 Å². The van der Waals surface area contributed by atoms with Gasteiger partial charge in [0.05, 0.1) is 17.8 Å². The first-order valence-electron chi connectivity index (χ1n) is 8.45. The molecule has 0 heterocycles. The standard InChI is InChI=1S/C20H22Cl2N2O2/c1-14(2)16-7-5-15(6-8-16)13-23-24-20(25)4-3-11-26-19-10-9-17(21)12-18(19)22/h5-10,12-14H,3-4,11H2,1-2H3,(H,24,25)/b23-13+. The summed E-state index contributed by atoms with van der Waals surface area (Å²) in [6, 6.07) is 13.1. The van der Waals surface area contributed by atoms with E-state index in [1.54, 1.807) is 24.4 Å². The predicted molar refractivity (Wildman–Crippen MR) is 107 cm³/mol. The lowest BCUT2D eigenvalue weighted by molar-refractivity contribution is -0.121. The largest absolute Gasteiger partial charge is 0.492 e. The van der Waals surface area contributed by atoms with Gasteiger partial charge in [0, 0.05) is 11.4 Å². The Balaban J connectivity index is 1.68. The molecular formula is C20H22Cl2N2O2. The zero-order valence-electron chi connectivity index (χ0n) is 14.8. The van der Waals surface area contributed by atoms with Crippen molar-refractivity contribution in [2.24, 2.45) is 5.10 Å². The molecule has 0 saturated heterocycles. The van der Waals surface area contributed by atoms with Gasteiger partial charge in [0.1, 0.15) is 5.75 Å². The van der Waals surface area contributed by atoms with E-state index >= 15 is 0 Å². The number of hydrogen-bond donors (Lipinski definition) is 1. The lowest BCUT2D eigenvalue weighted by Crippen LogP contribution is -2.18. The molecule has 26 heavy (non-hydrogen) atoms. The highest BCUT2D eigenvalue weighted by Crippen LogP contribution is 2.27. The van der Waals surface area contributed by atoms with E-state index in [4.69, 9.17) is 27.9 Å². The second-order valence-electron chi connectivity index (χ2n) is 6.14. The van der Waals surface area contributed by atoms with Gasteiger partial charge in [-0.2, -0.15) is 5.10 Å². The molecule has 0 aliphatic carbocycles. The van der Waals surface area contributed by atoms with Gasteiger partial charge in [0.15, 0.2) is 0 Å². The minimum atomic E-state index is -0.161. The number of hydrazone groups is 1. The van der Waals surface area contributed by atoms with E-state index in [1.165, 1.54) is 5.56 Å². The number of rotatable bonds is 8. The third-order valence-corrected chi connectivity index (χ3v) is 4.24. The van der Waals surface area contributed by atoms with Crippen LogP contribution in [0.4, 0.5) is 0 Å². The molecule has 4 nitrogen and oxygen atoms in total. The molecule has 0 aliphatic heterocycles. The van der Waals surface area contributed by atoms with E-state index in [0.717, 1.165) is 5.56 Å². The van der Waals surface area contributed by atoms with Crippen LogP contribution in [-0.4, -0.2) is 18.7 Å². The summed E-state index contributed by atoms with van der Waals surface area (Å²) in [5, 5.41) is 4.98. The zero-order chi connectivity index (χ0) is 18.9. The molecule has 6 heteroatoms. The third kappa shape index (κ3) is 6.70. The molecule has 0 aromatic heterocycles. The van der Waals surface area contributed by atoms with Gasteiger partial charge in [-0.1, -0.05) is 61.3 Å². The fourth-order valence-electron chi connectivity index (χ4n) is 2.21. The maximum Gasteiger partial charge on any atom is 0.240 e. The van der Waals surface area contributed by atoms with E-state index in [-0.39, 0.29) is 5.91 Å². The van der Waals surface area contributed by atoms with Crippen molar-refractivity contribution >= 4 is 35.3 Å². The summed E-state index contributed by atoms with van der Waals surface area (Å²) in [6.45, 7) is 4.68. The molecule has 1 N–H and O–H groups in total. The molecule has 2 aromatic rings. The van der Waals surface area contributed by atoms with Gasteiger partial charge in [-0.15, -0.1) is 0 Å². The Bertz CT molecular complexity index is 759. The highest BCUT2D eigenvalue weighted by molar-refractivity contribution is 6.35. The van der Waals surface area contributed by atoms with Crippen molar-refractivity contribution in [2.75, 3.05) is 6.61 Å². The molecule has 0 unspecified atom stereocenters. The van der Waals surface area contributed by atoms with E-state index < -0.39 is 0 Å². The molecule has 0 spiro atoms. The van der Waals surface area contributed by atoms with Crippen LogP contribution >= 0.6 is 23.2 Å². The van der Waals surface area contributed by atoms with Crippen LogP contribution in [0.3, 0.4) is 0 Å². The van der Waals surface area contributed by atoms with E-state index in [2.05, 4.69) is 36.5 Å². The van der Waals surface area contributed by atoms with Crippen molar-refractivity contribution in [2.45, 2.75) is 32.6 Å². The molecule has 0 bridgehead atoms. The second-order valence-corrected chi connectivity index (χ2v) is 6.98. The maximum absolute atomic E-state index is 11.8. The Labute approximate surface area is 164 Å². The Hall–Kier alpha value is -2.04. The summed E-state index contributed by atoms with van der Waals surface area (Å²) in [5.74, 6) is 0.885. The summed E-state index contributed by atoms with van der Waals surface area (Å²) in [5.41, 5.74) is 4.73. The first-order valence-corrected chi connectivity index (χ1v) is 9.21. The molecule has 0 aliphatic rings. The summed E-state index contributed by atoms with van der Waals surface area (Å²) in [7, 11) is 0. The molecule has 0 radical (unpaired) electrons. The average molecular weight is 393 g/mol. The number of carbonyl (C=O) groups excluding carboxylic acids is 1. The third-order valence-electron chi connectivity index (χ3n) is 3.71. The smallest absolute Gasteiger partial charge is 0.240 e. The van der Waals surface area contributed by atoms with Crippen LogP contribution in [-0.2, 0) is 4.79 Å². The van der Waals surface area contributed by atoms with E-state index in [0.29, 0.717) is 41.2 Å². The lowest BCUT2D eigenvalue weighted by Gasteiger charge is -2.07. The highest BCUT2D eigenvalue weighted by Gasteiger charge is 2.04. The Morgan fingerprint density at radius 3 is 2.58 bits per heavy atom. The number of ether oxygens (including phenoxy) is 1. The van der Waals surface area contributed by atoms with Crippen LogP contribution in [0.2, 0.25) is 10.0 Å². The van der Waals surface area contributed by atoms with Crippen LogP contribution in [0.25, 0.3) is 0 Å². The molecule has 138 valence electrons. The summed E-state index contributed by atoms with van der Waals surface area (Å²) >= 11 is 11.8. The van der Waals surface area contributed by atoms with Crippen LogP contribution in [0.15, 0.2) is 47.6 Å². The van der Waals surface area contributed by atoms with Crippen molar-refractivity contribution < 1.29 is 9.53 Å². The first kappa shape index (κ1) is 20.3. The molecule has 0 fully saturated rings. The van der Waals surface area contributed by atoms with Crippen molar-refractivity contribution in [3.05, 3.63) is 63.6 Å². The quantitative estimate of drug-likeness (QED) is 0.370. The van der Waals surface area contributed by atoms with Crippen LogP contribution < -0.4 is 10.2 Å². The predicted octanol–water partition coefficient (Wildman–Crippen LogP) is 5.43. The van der Waals surface area contributed by atoms with Crippen LogP contribution in [0.5, 0.6) is 5.75 Å². The Kier molecular flexibility index (Phi) is 7.95. The molecule has 0 atom stereocenters. The highest BCUT2D eigenvalue weighted by atomic mass is 35.5. The molecule has 1 amide bonds. The number of hydrogen-bond acceptors (Lipinski definition) is 3. The molecule has 2 rings (SSSR count).